The van der Waals surface area contributed by atoms with Crippen LogP contribution < -0.4 is 11.3 Å². The lowest BCUT2D eigenvalue weighted by atomic mass is 10.1. The number of nitrogens with two attached hydrogens (primary N) is 1. The molecule has 1 unspecified atom stereocenters. The number of hydrazine groups is 1. The van der Waals surface area contributed by atoms with E-state index >= 15 is 0 Å². The third-order valence-corrected chi connectivity index (χ3v) is 1.68. The maximum atomic E-state index is 5.26. The molecule has 0 aliphatic heterocycles. The van der Waals surface area contributed by atoms with Crippen LogP contribution in [0.1, 0.15) is 24.2 Å². The van der Waals surface area contributed by atoms with Crippen molar-refractivity contribution in [2.75, 3.05) is 0 Å². The Kier molecular flexibility index (Phi) is 2.57. The molecule has 0 amide bonds. The molecule has 1 aromatic heterocycles. The second-order valence-corrected chi connectivity index (χ2v) is 2.62. The summed E-state index contributed by atoms with van der Waals surface area (Å²) in [6, 6.07) is 4.17. The van der Waals surface area contributed by atoms with Gasteiger partial charge >= 0.3 is 0 Å². The zero-order chi connectivity index (χ0) is 8.27. The SMILES string of the molecule is Cc1ccc(C(C)NN)cn1. The Balaban J connectivity index is 2.81. The monoisotopic (exact) mass is 151 g/mol. The van der Waals surface area contributed by atoms with E-state index in [9.17, 15) is 0 Å². The van der Waals surface area contributed by atoms with E-state index in [2.05, 4.69) is 10.4 Å². The molecule has 3 N–H and O–H groups in total. The van der Waals surface area contributed by atoms with Gasteiger partial charge < -0.3 is 0 Å². The van der Waals surface area contributed by atoms with Gasteiger partial charge in [-0.3, -0.25) is 16.3 Å². The molecular formula is C8H13N3. The van der Waals surface area contributed by atoms with Crippen LogP contribution in [0.2, 0.25) is 0 Å². The molecule has 60 valence electrons. The number of aryl methyl sites for hydroxylation is 1. The lowest BCUT2D eigenvalue weighted by Crippen LogP contribution is -2.25. The minimum atomic E-state index is 0.170. The Labute approximate surface area is 66.6 Å². The molecule has 0 bridgehead atoms. The fourth-order valence-corrected chi connectivity index (χ4v) is 0.832. The van der Waals surface area contributed by atoms with Crippen molar-refractivity contribution in [1.29, 1.82) is 0 Å². The molecule has 0 aliphatic rings. The molecule has 3 heteroatoms. The van der Waals surface area contributed by atoms with Crippen molar-refractivity contribution in [2.24, 2.45) is 5.84 Å². The molecule has 0 radical (unpaired) electrons. The van der Waals surface area contributed by atoms with Gasteiger partial charge in [0.2, 0.25) is 0 Å². The van der Waals surface area contributed by atoms with Crippen LogP contribution in [0.4, 0.5) is 0 Å². The maximum Gasteiger partial charge on any atom is 0.0447 e. The topological polar surface area (TPSA) is 50.9 Å². The van der Waals surface area contributed by atoms with E-state index in [0.29, 0.717) is 0 Å². The number of aromatic nitrogens is 1. The van der Waals surface area contributed by atoms with Crippen LogP contribution in [0, 0.1) is 6.92 Å². The van der Waals surface area contributed by atoms with Crippen LogP contribution in [0.5, 0.6) is 0 Å². The molecule has 0 aromatic carbocycles. The van der Waals surface area contributed by atoms with Crippen LogP contribution in [0.15, 0.2) is 18.3 Å². The second-order valence-electron chi connectivity index (χ2n) is 2.62. The van der Waals surface area contributed by atoms with Gasteiger partial charge in [-0.2, -0.15) is 0 Å². The quantitative estimate of drug-likeness (QED) is 0.488. The number of nitrogens with zero attached hydrogens (tertiary/aromatic N) is 1. The van der Waals surface area contributed by atoms with Crippen LogP contribution >= 0.6 is 0 Å². The third kappa shape index (κ3) is 2.00. The highest BCUT2D eigenvalue weighted by Gasteiger charge is 2.00. The number of hydrogen-bond acceptors (Lipinski definition) is 3. The van der Waals surface area contributed by atoms with E-state index in [-0.39, 0.29) is 6.04 Å². The molecule has 0 fully saturated rings. The third-order valence-electron chi connectivity index (χ3n) is 1.68. The van der Waals surface area contributed by atoms with Crippen LogP contribution in [-0.2, 0) is 0 Å². The summed E-state index contributed by atoms with van der Waals surface area (Å²) in [6.45, 7) is 3.96. The number of rotatable bonds is 2. The van der Waals surface area contributed by atoms with E-state index in [4.69, 9.17) is 5.84 Å². The first kappa shape index (κ1) is 8.17. The van der Waals surface area contributed by atoms with E-state index in [1.54, 1.807) is 0 Å². The molecule has 3 nitrogen and oxygen atoms in total. The van der Waals surface area contributed by atoms with Gasteiger partial charge in [0.15, 0.2) is 0 Å². The van der Waals surface area contributed by atoms with Crippen LogP contribution in [-0.4, -0.2) is 4.98 Å². The first-order chi connectivity index (χ1) is 5.24. The number of hydrogen-bond donors (Lipinski definition) is 2. The summed E-state index contributed by atoms with van der Waals surface area (Å²) in [4.78, 5) is 4.15. The van der Waals surface area contributed by atoms with Crippen molar-refractivity contribution >= 4 is 0 Å². The average molecular weight is 151 g/mol. The molecule has 0 spiro atoms. The molecule has 0 aliphatic carbocycles. The molecule has 1 aromatic rings. The molecular weight excluding hydrogens is 138 g/mol. The van der Waals surface area contributed by atoms with Crippen molar-refractivity contribution in [1.82, 2.24) is 10.4 Å². The Morgan fingerprint density at radius 3 is 2.73 bits per heavy atom. The van der Waals surface area contributed by atoms with E-state index in [0.717, 1.165) is 11.3 Å². The largest absolute Gasteiger partial charge is 0.271 e. The summed E-state index contributed by atoms with van der Waals surface area (Å²) in [5, 5.41) is 0. The summed E-state index contributed by atoms with van der Waals surface area (Å²) in [6.07, 6.45) is 1.83. The van der Waals surface area contributed by atoms with Crippen molar-refractivity contribution < 1.29 is 0 Å². The highest BCUT2D eigenvalue weighted by atomic mass is 15.2. The molecule has 1 atom stereocenters. The zero-order valence-electron chi connectivity index (χ0n) is 6.83. The fraction of sp³-hybridized carbons (Fsp3) is 0.375. The lowest BCUT2D eigenvalue weighted by Gasteiger charge is -2.08. The number of pyridine rings is 1. The van der Waals surface area contributed by atoms with E-state index in [1.165, 1.54) is 0 Å². The van der Waals surface area contributed by atoms with E-state index < -0.39 is 0 Å². The Bertz CT molecular complexity index is 217. The van der Waals surface area contributed by atoms with Gasteiger partial charge in [-0.05, 0) is 25.5 Å². The Morgan fingerprint density at radius 1 is 1.55 bits per heavy atom. The number of nitrogens with one attached hydrogen (secondary N) is 1. The summed E-state index contributed by atoms with van der Waals surface area (Å²) in [7, 11) is 0. The van der Waals surface area contributed by atoms with Crippen LogP contribution in [0.25, 0.3) is 0 Å². The van der Waals surface area contributed by atoms with Crippen molar-refractivity contribution in [3.05, 3.63) is 29.6 Å². The maximum absolute atomic E-state index is 5.26. The minimum absolute atomic E-state index is 0.170. The smallest absolute Gasteiger partial charge is 0.0447 e. The first-order valence-electron chi connectivity index (χ1n) is 3.62. The summed E-state index contributed by atoms with van der Waals surface area (Å²) in [5.74, 6) is 5.26. The Morgan fingerprint density at radius 2 is 2.27 bits per heavy atom. The van der Waals surface area contributed by atoms with Gasteiger partial charge in [0, 0.05) is 17.9 Å². The van der Waals surface area contributed by atoms with Crippen molar-refractivity contribution in [2.45, 2.75) is 19.9 Å². The van der Waals surface area contributed by atoms with Gasteiger partial charge in [0.05, 0.1) is 0 Å². The van der Waals surface area contributed by atoms with Gasteiger partial charge in [-0.25, -0.2) is 0 Å². The van der Waals surface area contributed by atoms with Crippen molar-refractivity contribution in [3.8, 4) is 0 Å². The van der Waals surface area contributed by atoms with Crippen molar-refractivity contribution in [3.63, 3.8) is 0 Å². The van der Waals surface area contributed by atoms with Gasteiger partial charge in [-0.1, -0.05) is 6.07 Å². The van der Waals surface area contributed by atoms with Crippen LogP contribution in [0.3, 0.4) is 0 Å². The second kappa shape index (κ2) is 3.46. The highest BCUT2D eigenvalue weighted by Crippen LogP contribution is 2.08. The minimum Gasteiger partial charge on any atom is -0.271 e. The first-order valence-corrected chi connectivity index (χ1v) is 3.62. The standard InChI is InChI=1S/C8H13N3/c1-6-3-4-8(5-10-6)7(2)11-9/h3-5,7,11H,9H2,1-2H3. The predicted octanol–water partition coefficient (Wildman–Crippen LogP) is 0.914. The summed E-state index contributed by atoms with van der Waals surface area (Å²) >= 11 is 0. The summed E-state index contributed by atoms with van der Waals surface area (Å²) in [5.41, 5.74) is 4.80. The van der Waals surface area contributed by atoms with Gasteiger partial charge in [0.1, 0.15) is 0 Å². The molecule has 1 rings (SSSR count). The lowest BCUT2D eigenvalue weighted by molar-refractivity contribution is 0.600. The molecule has 11 heavy (non-hydrogen) atoms. The summed E-state index contributed by atoms with van der Waals surface area (Å²) < 4.78 is 0. The highest BCUT2D eigenvalue weighted by molar-refractivity contribution is 5.16. The van der Waals surface area contributed by atoms with E-state index in [1.807, 2.05) is 32.2 Å². The molecule has 1 heterocycles. The van der Waals surface area contributed by atoms with Gasteiger partial charge in [-0.15, -0.1) is 0 Å². The average Bonchev–Trinajstić information content (AvgIpc) is 2.05. The van der Waals surface area contributed by atoms with Gasteiger partial charge in [0.25, 0.3) is 0 Å². The zero-order valence-corrected chi connectivity index (χ0v) is 6.83. The normalized spacial score (nSPS) is 13.0. The predicted molar refractivity (Wildman–Crippen MR) is 44.7 cm³/mol. The molecule has 0 saturated carbocycles. The molecule has 0 saturated heterocycles. The fourth-order valence-electron chi connectivity index (χ4n) is 0.832. The Hall–Kier alpha value is -0.930.